The van der Waals surface area contributed by atoms with Gasteiger partial charge < -0.3 is 15.0 Å². The summed E-state index contributed by atoms with van der Waals surface area (Å²) < 4.78 is 5.68. The summed E-state index contributed by atoms with van der Waals surface area (Å²) >= 11 is 0. The average molecular weight is 274 g/mol. The van der Waals surface area contributed by atoms with Gasteiger partial charge in [0.2, 0.25) is 5.91 Å². The zero-order valence-corrected chi connectivity index (χ0v) is 12.0. The quantitative estimate of drug-likeness (QED) is 0.895. The summed E-state index contributed by atoms with van der Waals surface area (Å²) in [6, 6.07) is 8.24. The van der Waals surface area contributed by atoms with E-state index in [1.165, 1.54) is 12.8 Å². The molecule has 1 N–H and O–H groups in total. The number of benzene rings is 1. The fourth-order valence-electron chi connectivity index (χ4n) is 2.86. The maximum Gasteiger partial charge on any atom is 0.230 e. The number of likely N-dealkylation sites (N-methyl/N-ethyl adjacent to an activating group) is 1. The third-order valence-corrected chi connectivity index (χ3v) is 4.07. The highest BCUT2D eigenvalue weighted by Gasteiger charge is 2.34. The summed E-state index contributed by atoms with van der Waals surface area (Å²) in [4.78, 5) is 14.3. The standard InChI is InChI=1S/C16H22N2O2/c1-2-17-13(12-7-8-12)11-18-14-5-3-4-6-15(14)20-10-9-16(18)19/h3-6,12-13,17H,2,7-11H2,1H3. The fraction of sp³-hybridized carbons (Fsp3) is 0.562. The zero-order valence-electron chi connectivity index (χ0n) is 12.0. The van der Waals surface area contributed by atoms with Gasteiger partial charge in [-0.1, -0.05) is 19.1 Å². The summed E-state index contributed by atoms with van der Waals surface area (Å²) in [6.07, 6.45) is 3.01. The predicted molar refractivity (Wildman–Crippen MR) is 79.1 cm³/mol. The van der Waals surface area contributed by atoms with Crippen molar-refractivity contribution in [2.24, 2.45) is 5.92 Å². The molecule has 20 heavy (non-hydrogen) atoms. The van der Waals surface area contributed by atoms with E-state index in [9.17, 15) is 4.79 Å². The summed E-state index contributed by atoms with van der Waals surface area (Å²) in [5, 5.41) is 3.53. The third-order valence-electron chi connectivity index (χ3n) is 4.07. The normalized spacial score (nSPS) is 20.1. The molecule has 2 aliphatic rings. The highest BCUT2D eigenvalue weighted by molar-refractivity contribution is 5.95. The molecule has 1 aliphatic carbocycles. The van der Waals surface area contributed by atoms with Crippen molar-refractivity contribution in [2.75, 3.05) is 24.6 Å². The molecular formula is C16H22N2O2. The Kier molecular flexibility index (Phi) is 3.92. The van der Waals surface area contributed by atoms with Gasteiger partial charge >= 0.3 is 0 Å². The second kappa shape index (κ2) is 5.83. The van der Waals surface area contributed by atoms with Gasteiger partial charge in [0.25, 0.3) is 0 Å². The van der Waals surface area contributed by atoms with E-state index in [1.807, 2.05) is 29.2 Å². The smallest absolute Gasteiger partial charge is 0.230 e. The van der Waals surface area contributed by atoms with E-state index < -0.39 is 0 Å². The Morgan fingerprint density at radius 3 is 2.95 bits per heavy atom. The van der Waals surface area contributed by atoms with Gasteiger partial charge in [0, 0.05) is 12.6 Å². The number of fused-ring (bicyclic) bond motifs is 1. The first kappa shape index (κ1) is 13.4. The minimum atomic E-state index is 0.165. The molecule has 4 nitrogen and oxygen atoms in total. The minimum absolute atomic E-state index is 0.165. The molecule has 0 aromatic heterocycles. The lowest BCUT2D eigenvalue weighted by Crippen LogP contribution is -2.45. The van der Waals surface area contributed by atoms with Crippen molar-refractivity contribution < 1.29 is 9.53 Å². The van der Waals surface area contributed by atoms with Crippen LogP contribution in [0.15, 0.2) is 24.3 Å². The number of nitrogens with zero attached hydrogens (tertiary/aromatic N) is 1. The number of amides is 1. The number of anilines is 1. The number of ether oxygens (including phenoxy) is 1. The second-order valence-corrected chi connectivity index (χ2v) is 5.57. The minimum Gasteiger partial charge on any atom is -0.491 e. The number of para-hydroxylation sites is 2. The van der Waals surface area contributed by atoms with E-state index in [1.54, 1.807) is 0 Å². The molecule has 1 aliphatic heterocycles. The van der Waals surface area contributed by atoms with E-state index in [0.717, 1.165) is 30.4 Å². The Labute approximate surface area is 120 Å². The molecule has 1 aromatic rings. The van der Waals surface area contributed by atoms with Crippen LogP contribution in [0, 0.1) is 5.92 Å². The summed E-state index contributed by atoms with van der Waals surface area (Å²) in [6.45, 7) is 4.29. The Balaban J connectivity index is 1.83. The van der Waals surface area contributed by atoms with E-state index in [2.05, 4.69) is 12.2 Å². The Bertz CT molecular complexity index is 485. The molecule has 108 valence electrons. The fourth-order valence-corrected chi connectivity index (χ4v) is 2.86. The first-order valence-electron chi connectivity index (χ1n) is 7.55. The van der Waals surface area contributed by atoms with Crippen LogP contribution in [-0.2, 0) is 4.79 Å². The van der Waals surface area contributed by atoms with Crippen molar-refractivity contribution in [3.05, 3.63) is 24.3 Å². The van der Waals surface area contributed by atoms with Crippen molar-refractivity contribution in [1.82, 2.24) is 5.32 Å². The van der Waals surface area contributed by atoms with Gasteiger partial charge in [-0.05, 0) is 37.4 Å². The molecule has 1 aromatic carbocycles. The van der Waals surface area contributed by atoms with Crippen LogP contribution in [0.5, 0.6) is 5.75 Å². The Morgan fingerprint density at radius 2 is 2.20 bits per heavy atom. The molecule has 4 heteroatoms. The number of hydrogen-bond donors (Lipinski definition) is 1. The molecule has 0 radical (unpaired) electrons. The second-order valence-electron chi connectivity index (χ2n) is 5.57. The number of hydrogen-bond acceptors (Lipinski definition) is 3. The van der Waals surface area contributed by atoms with E-state index in [-0.39, 0.29) is 5.91 Å². The summed E-state index contributed by atoms with van der Waals surface area (Å²) in [5.74, 6) is 1.71. The molecule has 0 spiro atoms. The summed E-state index contributed by atoms with van der Waals surface area (Å²) in [7, 11) is 0. The van der Waals surface area contributed by atoms with Crippen molar-refractivity contribution in [3.63, 3.8) is 0 Å². The van der Waals surface area contributed by atoms with Crippen molar-refractivity contribution >= 4 is 11.6 Å². The lowest BCUT2D eigenvalue weighted by Gasteiger charge is -2.27. The van der Waals surface area contributed by atoms with Gasteiger partial charge in [-0.3, -0.25) is 4.79 Å². The molecule has 0 saturated heterocycles. The molecule has 1 fully saturated rings. The molecular weight excluding hydrogens is 252 g/mol. The van der Waals surface area contributed by atoms with Crippen LogP contribution in [0.1, 0.15) is 26.2 Å². The number of rotatable bonds is 5. The van der Waals surface area contributed by atoms with Crippen LogP contribution in [0.4, 0.5) is 5.69 Å². The molecule has 0 bridgehead atoms. The highest BCUT2D eigenvalue weighted by atomic mass is 16.5. The highest BCUT2D eigenvalue weighted by Crippen LogP contribution is 2.36. The van der Waals surface area contributed by atoms with Crippen LogP contribution in [0.3, 0.4) is 0 Å². The maximum absolute atomic E-state index is 12.4. The van der Waals surface area contributed by atoms with Crippen LogP contribution < -0.4 is 15.0 Å². The zero-order chi connectivity index (χ0) is 13.9. The van der Waals surface area contributed by atoms with Gasteiger partial charge in [0.05, 0.1) is 18.7 Å². The first-order valence-corrected chi connectivity index (χ1v) is 7.55. The molecule has 1 amide bonds. The van der Waals surface area contributed by atoms with Crippen LogP contribution in [0.25, 0.3) is 0 Å². The number of carbonyl (C=O) groups is 1. The van der Waals surface area contributed by atoms with Gasteiger partial charge in [0.1, 0.15) is 5.75 Å². The SMILES string of the molecule is CCNC(CN1C(=O)CCOc2ccccc21)C1CC1. The lowest BCUT2D eigenvalue weighted by molar-refractivity contribution is -0.118. The van der Waals surface area contributed by atoms with Crippen LogP contribution in [0.2, 0.25) is 0 Å². The van der Waals surface area contributed by atoms with E-state index >= 15 is 0 Å². The Morgan fingerprint density at radius 1 is 1.40 bits per heavy atom. The third kappa shape index (κ3) is 2.80. The van der Waals surface area contributed by atoms with Crippen molar-refractivity contribution in [1.29, 1.82) is 0 Å². The summed E-state index contributed by atoms with van der Waals surface area (Å²) in [5.41, 5.74) is 0.915. The van der Waals surface area contributed by atoms with Crippen LogP contribution in [-0.4, -0.2) is 31.6 Å². The Hall–Kier alpha value is -1.55. The predicted octanol–water partition coefficient (Wildman–Crippen LogP) is 2.19. The van der Waals surface area contributed by atoms with E-state index in [4.69, 9.17) is 4.74 Å². The van der Waals surface area contributed by atoms with Gasteiger partial charge in [-0.2, -0.15) is 0 Å². The molecule has 1 atom stereocenters. The average Bonchev–Trinajstić information content (AvgIpc) is 3.28. The van der Waals surface area contributed by atoms with Gasteiger partial charge in [0.15, 0.2) is 0 Å². The molecule has 1 saturated carbocycles. The first-order chi connectivity index (χ1) is 9.79. The van der Waals surface area contributed by atoms with Crippen molar-refractivity contribution in [2.45, 2.75) is 32.2 Å². The lowest BCUT2D eigenvalue weighted by atomic mass is 10.1. The van der Waals surface area contributed by atoms with Gasteiger partial charge in [-0.25, -0.2) is 0 Å². The van der Waals surface area contributed by atoms with Crippen molar-refractivity contribution in [3.8, 4) is 5.75 Å². The molecule has 1 heterocycles. The maximum atomic E-state index is 12.4. The molecule has 3 rings (SSSR count). The van der Waals surface area contributed by atoms with E-state index in [0.29, 0.717) is 19.1 Å². The monoisotopic (exact) mass is 274 g/mol. The molecule has 1 unspecified atom stereocenters. The van der Waals surface area contributed by atoms with Gasteiger partial charge in [-0.15, -0.1) is 0 Å². The number of nitrogens with one attached hydrogen (secondary N) is 1. The number of carbonyl (C=O) groups excluding carboxylic acids is 1. The largest absolute Gasteiger partial charge is 0.491 e. The van der Waals surface area contributed by atoms with Crippen LogP contribution >= 0.6 is 0 Å². The topological polar surface area (TPSA) is 41.6 Å².